The number of ether oxygens (including phenoxy) is 6. The third-order valence-corrected chi connectivity index (χ3v) is 12.0. The van der Waals surface area contributed by atoms with Gasteiger partial charge in [-0.3, -0.25) is 28.8 Å². The summed E-state index contributed by atoms with van der Waals surface area (Å²) >= 11 is 0. The van der Waals surface area contributed by atoms with Crippen molar-refractivity contribution >= 4 is 35.8 Å². The third kappa shape index (κ3) is 48.9. The van der Waals surface area contributed by atoms with Gasteiger partial charge in [-0.2, -0.15) is 13.2 Å². The zero-order chi connectivity index (χ0) is 62.7. The van der Waals surface area contributed by atoms with E-state index in [1.807, 2.05) is 55.4 Å². The van der Waals surface area contributed by atoms with Gasteiger partial charge < -0.3 is 28.4 Å². The van der Waals surface area contributed by atoms with Gasteiger partial charge in [-0.1, -0.05) is 41.5 Å². The normalized spacial score (nSPS) is 12.2. The summed E-state index contributed by atoms with van der Waals surface area (Å²) in [5, 5.41) is 0. The lowest BCUT2D eigenvalue weighted by atomic mass is 9.91. The molecule has 0 aromatic carbocycles. The summed E-state index contributed by atoms with van der Waals surface area (Å²) in [6.07, 6.45) is -7.71. The Morgan fingerprint density at radius 3 is 0.740 bits per heavy atom. The van der Waals surface area contributed by atoms with Crippen molar-refractivity contribution in [2.45, 2.75) is 240 Å². The molecule has 0 heterocycles. The monoisotopic (exact) mass is 1150 g/mol. The summed E-state index contributed by atoms with van der Waals surface area (Å²) in [6, 6.07) is 0. The second kappa shape index (κ2) is 39.4. The zero-order valence-electron chi connectivity index (χ0n) is 50.0. The Morgan fingerprint density at radius 1 is 0.325 bits per heavy atom. The van der Waals surface area contributed by atoms with Crippen molar-refractivity contribution in [3.05, 3.63) is 0 Å². The van der Waals surface area contributed by atoms with Crippen molar-refractivity contribution in [2.24, 2.45) is 32.5 Å². The Balaban J connectivity index is -0.000000197. The van der Waals surface area contributed by atoms with Crippen molar-refractivity contribution in [3.63, 3.8) is 0 Å². The van der Waals surface area contributed by atoms with Crippen LogP contribution < -0.4 is 0 Å². The number of esters is 6. The smallest absolute Gasteiger partial charge is 0.392 e. The van der Waals surface area contributed by atoms with E-state index < -0.39 is 120 Å². The Bertz CT molecular complexity index is 1530. The first-order chi connectivity index (χ1) is 34.4. The average Bonchev–Trinajstić information content (AvgIpc) is 3.30. The fourth-order valence-corrected chi connectivity index (χ4v) is 3.45. The minimum absolute atomic E-state index is 0.0995. The van der Waals surface area contributed by atoms with Crippen LogP contribution in [-0.2, 0) is 57.2 Å². The van der Waals surface area contributed by atoms with E-state index in [1.165, 1.54) is 0 Å². The molecule has 0 atom stereocenters. The molecule has 0 aliphatic heterocycles. The SMILES string of the molecule is CCC(C)(C)C(=O)OCC(F)F.CCC(C)(C)C(=O)OCCC(C)(F)F.CCC(C)(C)C(=O)OCCC(C)(F)F.CCC(C)(C)C(=O)OCCC(F)(F)F.CCC(C)(C)C(=O)OCCC(F)F.CCOC(=O)C(C)(C)CC. The summed E-state index contributed by atoms with van der Waals surface area (Å²) in [5.41, 5.74) is -3.40. The van der Waals surface area contributed by atoms with Crippen LogP contribution in [0.3, 0.4) is 0 Å². The highest BCUT2D eigenvalue weighted by Crippen LogP contribution is 2.27. The molecule has 0 aliphatic carbocycles. The van der Waals surface area contributed by atoms with E-state index in [1.54, 1.807) is 76.2 Å². The lowest BCUT2D eigenvalue weighted by Crippen LogP contribution is -2.27. The van der Waals surface area contributed by atoms with Gasteiger partial charge in [0.05, 0.1) is 71.9 Å². The predicted molar refractivity (Wildman–Crippen MR) is 274 cm³/mol. The quantitative estimate of drug-likeness (QED) is 0.0459. The zero-order valence-corrected chi connectivity index (χ0v) is 50.0. The van der Waals surface area contributed by atoms with Crippen LogP contribution in [0.1, 0.15) is 210 Å². The molecule has 462 valence electrons. The third-order valence-electron chi connectivity index (χ3n) is 12.0. The molecule has 0 amide bonds. The summed E-state index contributed by atoms with van der Waals surface area (Å²) in [7, 11) is 0. The van der Waals surface area contributed by atoms with Crippen LogP contribution in [0.25, 0.3) is 0 Å². The van der Waals surface area contributed by atoms with E-state index in [0.717, 1.165) is 20.3 Å². The number of hydrogen-bond acceptors (Lipinski definition) is 12. The van der Waals surface area contributed by atoms with Gasteiger partial charge >= 0.3 is 42.0 Å². The first-order valence-corrected chi connectivity index (χ1v) is 25.8. The van der Waals surface area contributed by atoms with Crippen molar-refractivity contribution < 1.29 is 105 Å². The van der Waals surface area contributed by atoms with Gasteiger partial charge in [0, 0.05) is 19.3 Å². The van der Waals surface area contributed by atoms with E-state index in [4.69, 9.17) is 14.2 Å². The molecule has 0 fully saturated rings. The maximum Gasteiger partial charge on any atom is 0.392 e. The molecule has 0 saturated carbocycles. The highest BCUT2D eigenvalue weighted by atomic mass is 19.4. The van der Waals surface area contributed by atoms with Crippen molar-refractivity contribution in [3.8, 4) is 0 Å². The molecular formula is C54H97F11O12. The molecule has 0 N–H and O–H groups in total. The number of rotatable bonds is 26. The average molecular weight is 1150 g/mol. The molecule has 12 nitrogen and oxygen atoms in total. The van der Waals surface area contributed by atoms with Gasteiger partial charge in [-0.05, 0) is 142 Å². The minimum Gasteiger partial charge on any atom is -0.466 e. The van der Waals surface area contributed by atoms with Gasteiger partial charge in [0.2, 0.25) is 18.3 Å². The molecule has 0 rings (SSSR count). The summed E-state index contributed by atoms with van der Waals surface area (Å²) in [4.78, 5) is 67.1. The van der Waals surface area contributed by atoms with Crippen LogP contribution >= 0.6 is 0 Å². The topological polar surface area (TPSA) is 158 Å². The van der Waals surface area contributed by atoms with Crippen LogP contribution in [0.5, 0.6) is 0 Å². The highest BCUT2D eigenvalue weighted by Gasteiger charge is 2.33. The predicted octanol–water partition coefficient (Wildman–Crippen LogP) is 15.8. The molecule has 77 heavy (non-hydrogen) atoms. The maximum absolute atomic E-state index is 12.4. The Hall–Kier alpha value is -3.95. The second-order valence-electron chi connectivity index (χ2n) is 21.9. The molecule has 0 aromatic rings. The van der Waals surface area contributed by atoms with E-state index >= 15 is 0 Å². The van der Waals surface area contributed by atoms with Gasteiger partial charge in [-0.25, -0.2) is 35.1 Å². The van der Waals surface area contributed by atoms with E-state index in [-0.39, 0.29) is 37.6 Å². The van der Waals surface area contributed by atoms with E-state index in [0.29, 0.717) is 38.7 Å². The van der Waals surface area contributed by atoms with Crippen molar-refractivity contribution in [1.29, 1.82) is 0 Å². The molecule has 0 saturated heterocycles. The van der Waals surface area contributed by atoms with Gasteiger partial charge in [0.15, 0.2) is 6.61 Å². The number of carbonyl (C=O) groups is 6. The molecule has 23 heteroatoms. The molecule has 0 aromatic heterocycles. The maximum atomic E-state index is 12.4. The van der Waals surface area contributed by atoms with E-state index in [2.05, 4.69) is 14.2 Å². The number of alkyl halides is 11. The Kier molecular flexibility index (Phi) is 43.2. The van der Waals surface area contributed by atoms with Crippen LogP contribution in [0.4, 0.5) is 48.3 Å². The molecule has 0 aliphatic rings. The first-order valence-electron chi connectivity index (χ1n) is 25.8. The van der Waals surface area contributed by atoms with Gasteiger partial charge in [-0.15, -0.1) is 0 Å². The van der Waals surface area contributed by atoms with Crippen LogP contribution in [0.15, 0.2) is 0 Å². The first kappa shape index (κ1) is 84.4. The standard InChI is InChI=1S/2C10H18F2O2.C9H15F3O2.C9H16F2O2.C8H14F2O2.C8H16O2/c2*1-5-9(2,3)8(13)14-7-6-10(4,11)12;1-4-8(2,3)7(13)14-6-5-9(10,11)12;1-4-9(2,3)8(12)13-6-5-7(10)11;1-4-8(2,3)7(11)12-5-6(9)10;1-5-8(3,4)7(9)10-6-2/h2*5-7H2,1-4H3;4-6H2,1-3H3;7H,4-6H2,1-3H3;6H,4-5H2,1-3H3;5-6H2,1-4H3. The molecule has 0 spiro atoms. The number of carbonyl (C=O) groups excluding carboxylic acids is 6. The fourth-order valence-electron chi connectivity index (χ4n) is 3.45. The lowest BCUT2D eigenvalue weighted by Gasteiger charge is -2.20. The van der Waals surface area contributed by atoms with Crippen LogP contribution in [-0.4, -0.2) is 106 Å². The largest absolute Gasteiger partial charge is 0.466 e. The number of hydrogen-bond donors (Lipinski definition) is 0. The van der Waals surface area contributed by atoms with E-state index in [9.17, 15) is 77.1 Å². The van der Waals surface area contributed by atoms with Gasteiger partial charge in [0.25, 0.3) is 6.43 Å². The summed E-state index contributed by atoms with van der Waals surface area (Å²) < 4.78 is 159. The van der Waals surface area contributed by atoms with Crippen molar-refractivity contribution in [2.75, 3.05) is 39.6 Å². The molecule has 0 radical (unpaired) electrons. The summed E-state index contributed by atoms with van der Waals surface area (Å²) in [6.45, 7) is 33.9. The Morgan fingerprint density at radius 2 is 0.545 bits per heavy atom. The van der Waals surface area contributed by atoms with Crippen LogP contribution in [0.2, 0.25) is 0 Å². The van der Waals surface area contributed by atoms with Crippen molar-refractivity contribution in [1.82, 2.24) is 0 Å². The lowest BCUT2D eigenvalue weighted by molar-refractivity contribution is -0.166. The minimum atomic E-state index is -4.27. The van der Waals surface area contributed by atoms with Crippen LogP contribution in [0, 0.1) is 32.5 Å². The fraction of sp³-hybridized carbons (Fsp3) is 0.889. The molecule has 0 unspecified atom stereocenters. The van der Waals surface area contributed by atoms with Gasteiger partial charge in [0.1, 0.15) is 0 Å². The highest BCUT2D eigenvalue weighted by molar-refractivity contribution is 5.77. The summed E-state index contributed by atoms with van der Waals surface area (Å²) in [5.74, 6) is -8.01. The number of halogens is 11. The molecular weight excluding hydrogens is 1050 g/mol. The Labute approximate surface area is 453 Å². The molecule has 0 bridgehead atoms. The second-order valence-corrected chi connectivity index (χ2v) is 21.9.